The molecule has 2 aromatic carbocycles. The van der Waals surface area contributed by atoms with Crippen LogP contribution in [0.1, 0.15) is 11.4 Å². The molecular weight excluding hydrogens is 295 g/mol. The summed E-state index contributed by atoms with van der Waals surface area (Å²) in [4.78, 5) is 7.12. The molecule has 21 heavy (non-hydrogen) atoms. The summed E-state index contributed by atoms with van der Waals surface area (Å²) in [6, 6.07) is 9.73. The van der Waals surface area contributed by atoms with Gasteiger partial charge in [-0.2, -0.15) is 0 Å². The van der Waals surface area contributed by atoms with Crippen molar-refractivity contribution >= 4 is 22.6 Å². The number of ether oxygens (including phenoxy) is 1. The molecule has 1 aromatic heterocycles. The van der Waals surface area contributed by atoms with E-state index in [-0.39, 0.29) is 19.0 Å². The van der Waals surface area contributed by atoms with Crippen molar-refractivity contribution in [2.24, 2.45) is 0 Å². The first-order chi connectivity index (χ1) is 10.2. The highest BCUT2D eigenvalue weighted by Crippen LogP contribution is 2.30. The minimum Gasteiger partial charge on any atom is -0.487 e. The summed E-state index contributed by atoms with van der Waals surface area (Å²) < 4.78 is 19.1. The summed E-state index contributed by atoms with van der Waals surface area (Å²) in [6.07, 6.45) is 0. The van der Waals surface area contributed by atoms with E-state index >= 15 is 0 Å². The summed E-state index contributed by atoms with van der Waals surface area (Å²) in [5.74, 6) is 0.549. The van der Waals surface area contributed by atoms with Crippen LogP contribution in [-0.4, -0.2) is 15.1 Å². The van der Waals surface area contributed by atoms with Crippen LogP contribution in [0.4, 0.5) is 4.39 Å². The van der Waals surface area contributed by atoms with Crippen molar-refractivity contribution in [2.75, 3.05) is 0 Å². The Hall–Kier alpha value is -2.11. The molecule has 4 nitrogen and oxygen atoms in total. The van der Waals surface area contributed by atoms with E-state index in [4.69, 9.17) is 21.4 Å². The Morgan fingerprint density at radius 2 is 2.10 bits per heavy atom. The Labute approximate surface area is 125 Å². The molecule has 0 unspecified atom stereocenters. The van der Waals surface area contributed by atoms with Gasteiger partial charge in [0.05, 0.1) is 16.1 Å². The molecular formula is C15H12ClFN2O2. The number of benzene rings is 2. The number of hydrogen-bond donors (Lipinski definition) is 2. The van der Waals surface area contributed by atoms with Crippen LogP contribution in [0.5, 0.6) is 5.75 Å². The van der Waals surface area contributed by atoms with Crippen molar-refractivity contribution in [3.8, 4) is 5.75 Å². The van der Waals surface area contributed by atoms with E-state index in [0.717, 1.165) is 0 Å². The molecule has 0 aliphatic heterocycles. The predicted octanol–water partition coefficient (Wildman–Crippen LogP) is 3.43. The topological polar surface area (TPSA) is 58.1 Å². The first-order valence-electron chi connectivity index (χ1n) is 6.32. The number of nitrogens with zero attached hydrogens (tertiary/aromatic N) is 1. The second-order valence-electron chi connectivity index (χ2n) is 4.52. The number of imidazole rings is 1. The fourth-order valence-electron chi connectivity index (χ4n) is 2.02. The number of rotatable bonds is 4. The number of aliphatic hydroxyl groups is 1. The Morgan fingerprint density at radius 1 is 1.29 bits per heavy atom. The summed E-state index contributed by atoms with van der Waals surface area (Å²) in [5, 5.41) is 9.46. The lowest BCUT2D eigenvalue weighted by Gasteiger charge is -2.08. The quantitative estimate of drug-likeness (QED) is 0.776. The van der Waals surface area contributed by atoms with Crippen LogP contribution >= 0.6 is 11.6 Å². The Kier molecular flexibility index (Phi) is 3.77. The lowest BCUT2D eigenvalue weighted by Crippen LogP contribution is -1.98. The van der Waals surface area contributed by atoms with Crippen molar-refractivity contribution < 1.29 is 14.2 Å². The van der Waals surface area contributed by atoms with Gasteiger partial charge in [0.15, 0.2) is 0 Å². The van der Waals surface area contributed by atoms with Crippen molar-refractivity contribution in [2.45, 2.75) is 13.2 Å². The molecule has 0 atom stereocenters. The maximum absolute atomic E-state index is 13.5. The summed E-state index contributed by atoms with van der Waals surface area (Å²) in [5.41, 5.74) is 1.79. The molecule has 0 saturated heterocycles. The molecule has 3 rings (SSSR count). The van der Waals surface area contributed by atoms with Crippen molar-refractivity contribution in [3.05, 3.63) is 58.6 Å². The van der Waals surface area contributed by atoms with Crippen LogP contribution in [-0.2, 0) is 13.2 Å². The molecule has 0 aliphatic rings. The van der Waals surface area contributed by atoms with Gasteiger partial charge < -0.3 is 14.8 Å². The van der Waals surface area contributed by atoms with Gasteiger partial charge in [-0.15, -0.1) is 0 Å². The Balaban J connectivity index is 1.86. The van der Waals surface area contributed by atoms with Crippen molar-refractivity contribution in [1.29, 1.82) is 0 Å². The summed E-state index contributed by atoms with van der Waals surface area (Å²) >= 11 is 6.13. The summed E-state index contributed by atoms with van der Waals surface area (Å²) in [6.45, 7) is -0.104. The van der Waals surface area contributed by atoms with Crippen LogP contribution in [0.25, 0.3) is 11.0 Å². The highest BCUT2D eigenvalue weighted by Gasteiger charge is 2.10. The number of fused-ring (bicyclic) bond motifs is 1. The molecule has 1 heterocycles. The highest BCUT2D eigenvalue weighted by molar-refractivity contribution is 6.32. The van der Waals surface area contributed by atoms with Gasteiger partial charge in [-0.3, -0.25) is 0 Å². The van der Waals surface area contributed by atoms with Crippen LogP contribution in [0.15, 0.2) is 36.4 Å². The molecule has 0 saturated carbocycles. The Morgan fingerprint density at radius 3 is 2.86 bits per heavy atom. The van der Waals surface area contributed by atoms with Gasteiger partial charge in [-0.05, 0) is 12.1 Å². The zero-order chi connectivity index (χ0) is 14.8. The number of aliphatic hydroxyl groups excluding tert-OH is 1. The number of halogens is 2. The van der Waals surface area contributed by atoms with Crippen LogP contribution in [0.2, 0.25) is 5.02 Å². The third-order valence-corrected chi connectivity index (χ3v) is 3.37. The SMILES string of the molecule is OCc1nc2cc(OCc3ccccc3F)c(Cl)cc2[nH]1. The molecule has 0 radical (unpaired) electrons. The number of hydrogen-bond acceptors (Lipinski definition) is 3. The maximum Gasteiger partial charge on any atom is 0.140 e. The van der Waals surface area contributed by atoms with Gasteiger partial charge in [0.2, 0.25) is 0 Å². The van der Waals surface area contributed by atoms with Gasteiger partial charge in [-0.25, -0.2) is 9.37 Å². The zero-order valence-electron chi connectivity index (χ0n) is 10.9. The maximum atomic E-state index is 13.5. The van der Waals surface area contributed by atoms with Gasteiger partial charge in [-0.1, -0.05) is 29.8 Å². The lowest BCUT2D eigenvalue weighted by molar-refractivity contribution is 0.273. The smallest absolute Gasteiger partial charge is 0.140 e. The van der Waals surface area contributed by atoms with E-state index in [9.17, 15) is 4.39 Å². The van der Waals surface area contributed by atoms with E-state index < -0.39 is 0 Å². The van der Waals surface area contributed by atoms with Crippen LogP contribution in [0, 0.1) is 5.82 Å². The number of aromatic amines is 1. The fraction of sp³-hybridized carbons (Fsp3) is 0.133. The predicted molar refractivity (Wildman–Crippen MR) is 77.8 cm³/mol. The summed E-state index contributed by atoms with van der Waals surface area (Å²) in [7, 11) is 0. The molecule has 2 N–H and O–H groups in total. The van der Waals surface area contributed by atoms with E-state index in [1.165, 1.54) is 6.07 Å². The van der Waals surface area contributed by atoms with Crippen LogP contribution in [0.3, 0.4) is 0 Å². The van der Waals surface area contributed by atoms with E-state index in [0.29, 0.717) is 33.2 Å². The van der Waals surface area contributed by atoms with Crippen molar-refractivity contribution in [3.63, 3.8) is 0 Å². The van der Waals surface area contributed by atoms with Crippen LogP contribution < -0.4 is 4.74 Å². The first kappa shape index (κ1) is 13.9. The second-order valence-corrected chi connectivity index (χ2v) is 4.93. The zero-order valence-corrected chi connectivity index (χ0v) is 11.7. The second kappa shape index (κ2) is 5.71. The highest BCUT2D eigenvalue weighted by atomic mass is 35.5. The minimum atomic E-state index is -0.322. The van der Waals surface area contributed by atoms with Gasteiger partial charge in [0.1, 0.15) is 30.6 Å². The molecule has 108 valence electrons. The molecule has 0 spiro atoms. The largest absolute Gasteiger partial charge is 0.487 e. The van der Waals surface area contributed by atoms with Gasteiger partial charge >= 0.3 is 0 Å². The molecule has 3 aromatic rings. The van der Waals surface area contributed by atoms with E-state index in [1.807, 2.05) is 0 Å². The number of aromatic nitrogens is 2. The molecule has 0 aliphatic carbocycles. The molecule has 0 fully saturated rings. The average Bonchev–Trinajstić information content (AvgIpc) is 2.88. The van der Waals surface area contributed by atoms with Gasteiger partial charge in [0.25, 0.3) is 0 Å². The van der Waals surface area contributed by atoms with Crippen molar-refractivity contribution in [1.82, 2.24) is 9.97 Å². The number of nitrogens with one attached hydrogen (secondary N) is 1. The standard InChI is InChI=1S/C15H12ClFN2O2/c16-10-5-12-13(19-15(7-20)18-12)6-14(10)21-8-9-3-1-2-4-11(9)17/h1-6,20H,7-8H2,(H,18,19). The third-order valence-electron chi connectivity index (χ3n) is 3.08. The third kappa shape index (κ3) is 2.84. The fourth-order valence-corrected chi connectivity index (χ4v) is 2.24. The molecule has 0 bridgehead atoms. The normalized spacial score (nSPS) is 11.0. The van der Waals surface area contributed by atoms with Gasteiger partial charge in [0, 0.05) is 11.6 Å². The first-order valence-corrected chi connectivity index (χ1v) is 6.70. The average molecular weight is 307 g/mol. The lowest BCUT2D eigenvalue weighted by atomic mass is 10.2. The molecule has 6 heteroatoms. The van der Waals surface area contributed by atoms with E-state index in [1.54, 1.807) is 30.3 Å². The molecule has 0 amide bonds. The van der Waals surface area contributed by atoms with E-state index in [2.05, 4.69) is 9.97 Å². The Bertz CT molecular complexity index is 788. The minimum absolute atomic E-state index is 0.0786. The number of H-pyrrole nitrogens is 1. The monoisotopic (exact) mass is 306 g/mol.